The largest absolute Gasteiger partial charge is 0.498 e. The molecule has 4 nitrogen and oxygen atoms in total. The van der Waals surface area contributed by atoms with Crippen molar-refractivity contribution < 1.29 is 14.6 Å². The van der Waals surface area contributed by atoms with Gasteiger partial charge in [0, 0.05) is 0 Å². The van der Waals surface area contributed by atoms with Crippen LogP contribution < -0.4 is 0 Å². The molecule has 0 saturated heterocycles. The van der Waals surface area contributed by atoms with E-state index >= 15 is 0 Å². The number of hydrogen-bond donors (Lipinski definition) is 1. The lowest BCUT2D eigenvalue weighted by Crippen LogP contribution is -2.01. The summed E-state index contributed by atoms with van der Waals surface area (Å²) in [6, 6.07) is 0. The number of aromatic nitrogens is 1. The summed E-state index contributed by atoms with van der Waals surface area (Å²) in [5.74, 6) is -0.605. The molecule has 0 amide bonds. The number of hydrogen-bond acceptors (Lipinski definition) is 5. The van der Waals surface area contributed by atoms with E-state index in [1.54, 1.807) is 6.92 Å². The second kappa shape index (κ2) is 2.87. The molecule has 5 heteroatoms. The Bertz CT molecular complexity index is 281. The summed E-state index contributed by atoms with van der Waals surface area (Å²) in [5.41, 5.74) is -0.00463. The summed E-state index contributed by atoms with van der Waals surface area (Å²) in [4.78, 5) is 14.6. The Hall–Kier alpha value is -1.10. The van der Waals surface area contributed by atoms with Crippen molar-refractivity contribution in [2.75, 3.05) is 7.11 Å². The summed E-state index contributed by atoms with van der Waals surface area (Å²) in [6.07, 6.45) is 0. The van der Waals surface area contributed by atoms with Gasteiger partial charge in [0.05, 0.1) is 12.1 Å². The van der Waals surface area contributed by atoms with E-state index in [2.05, 4.69) is 9.72 Å². The minimum Gasteiger partial charge on any atom is -0.498 e. The highest BCUT2D eigenvalue weighted by Crippen LogP contribution is 2.25. The molecule has 1 rings (SSSR count). The molecule has 0 aromatic carbocycles. The lowest BCUT2D eigenvalue weighted by molar-refractivity contribution is 0.0591. The molecular weight excluding hydrogens is 166 g/mol. The summed E-state index contributed by atoms with van der Waals surface area (Å²) in [5, 5.41) is 9.64. The summed E-state index contributed by atoms with van der Waals surface area (Å²) >= 11 is 1.06. The van der Waals surface area contributed by atoms with Crippen molar-refractivity contribution in [1.82, 2.24) is 4.98 Å². The highest BCUT2D eigenvalue weighted by molar-refractivity contribution is 7.13. The third kappa shape index (κ3) is 1.48. The van der Waals surface area contributed by atoms with Gasteiger partial charge in [0.25, 0.3) is 0 Å². The van der Waals surface area contributed by atoms with E-state index in [9.17, 15) is 4.79 Å². The van der Waals surface area contributed by atoms with Gasteiger partial charge in [-0.05, 0) is 6.92 Å². The van der Waals surface area contributed by atoms with Crippen molar-refractivity contribution in [3.05, 3.63) is 10.7 Å². The van der Waals surface area contributed by atoms with Crippen molar-refractivity contribution in [2.24, 2.45) is 0 Å². The van der Waals surface area contributed by atoms with Crippen LogP contribution in [0.5, 0.6) is 5.06 Å². The minimum atomic E-state index is -0.605. The highest BCUT2D eigenvalue weighted by Gasteiger charge is 2.15. The Balaban J connectivity index is 3.03. The van der Waals surface area contributed by atoms with Crippen molar-refractivity contribution in [2.45, 2.75) is 6.92 Å². The molecule has 0 aliphatic heterocycles. The van der Waals surface area contributed by atoms with Crippen LogP contribution in [-0.2, 0) is 4.74 Å². The Morgan fingerprint density at radius 2 is 2.36 bits per heavy atom. The van der Waals surface area contributed by atoms with Crippen LogP contribution in [-0.4, -0.2) is 23.2 Å². The number of methoxy groups -OCH3 is 1. The van der Waals surface area contributed by atoms with Crippen molar-refractivity contribution in [1.29, 1.82) is 0 Å². The number of aryl methyl sites for hydroxylation is 1. The minimum absolute atomic E-state index is 0.00463. The van der Waals surface area contributed by atoms with Crippen molar-refractivity contribution in [3.63, 3.8) is 0 Å². The van der Waals surface area contributed by atoms with E-state index in [0.717, 1.165) is 11.3 Å². The molecule has 0 radical (unpaired) electrons. The van der Waals surface area contributed by atoms with Crippen molar-refractivity contribution >= 4 is 17.3 Å². The maximum atomic E-state index is 10.8. The molecule has 0 atom stereocenters. The fourth-order valence-electron chi connectivity index (χ4n) is 0.646. The second-order valence-electron chi connectivity index (χ2n) is 1.88. The maximum Gasteiger partial charge on any atom is 0.361 e. The third-order valence-electron chi connectivity index (χ3n) is 1.09. The first kappa shape index (κ1) is 8.00. The average molecular weight is 173 g/mol. The summed E-state index contributed by atoms with van der Waals surface area (Å²) in [6.45, 7) is 1.71. The second-order valence-corrected chi connectivity index (χ2v) is 3.06. The van der Waals surface area contributed by atoms with Gasteiger partial charge < -0.3 is 9.84 Å². The van der Waals surface area contributed by atoms with Gasteiger partial charge >= 0.3 is 5.97 Å². The molecular formula is C6H7NO3S. The molecule has 0 bridgehead atoms. The smallest absolute Gasteiger partial charge is 0.361 e. The molecule has 0 spiro atoms. The van der Waals surface area contributed by atoms with Crippen LogP contribution in [0.25, 0.3) is 0 Å². The lowest BCUT2D eigenvalue weighted by Gasteiger charge is -1.92. The van der Waals surface area contributed by atoms with E-state index in [1.165, 1.54) is 7.11 Å². The maximum absolute atomic E-state index is 10.8. The average Bonchev–Trinajstić information content (AvgIpc) is 2.28. The Morgan fingerprint density at radius 3 is 2.73 bits per heavy atom. The number of nitrogens with zero attached hydrogens (tertiary/aromatic N) is 1. The zero-order valence-electron chi connectivity index (χ0n) is 6.12. The Kier molecular flexibility index (Phi) is 2.09. The van der Waals surface area contributed by atoms with Gasteiger partial charge in [0.2, 0.25) is 10.8 Å². The summed E-state index contributed by atoms with van der Waals surface area (Å²) < 4.78 is 4.38. The van der Waals surface area contributed by atoms with Crippen LogP contribution in [0.1, 0.15) is 15.5 Å². The molecule has 0 aliphatic rings. The topological polar surface area (TPSA) is 59.4 Å². The SMILES string of the molecule is COC(=O)c1nc(C)sc1O. The molecule has 1 aromatic heterocycles. The number of aromatic hydroxyl groups is 1. The quantitative estimate of drug-likeness (QED) is 0.642. The van der Waals surface area contributed by atoms with Crippen LogP contribution in [0.3, 0.4) is 0 Å². The molecule has 0 aliphatic carbocycles. The first-order valence-corrected chi connectivity index (χ1v) is 3.71. The van der Waals surface area contributed by atoms with Gasteiger partial charge in [0.1, 0.15) is 0 Å². The number of carbonyl (C=O) groups is 1. The van der Waals surface area contributed by atoms with Gasteiger partial charge in [-0.3, -0.25) is 0 Å². The van der Waals surface area contributed by atoms with Crippen LogP contribution in [0.2, 0.25) is 0 Å². The van der Waals surface area contributed by atoms with Crippen LogP contribution in [0, 0.1) is 6.92 Å². The van der Waals surface area contributed by atoms with Crippen LogP contribution >= 0.6 is 11.3 Å². The van der Waals surface area contributed by atoms with E-state index in [4.69, 9.17) is 5.11 Å². The molecule has 1 heterocycles. The molecule has 0 fully saturated rings. The van der Waals surface area contributed by atoms with Gasteiger partial charge in [-0.2, -0.15) is 0 Å². The number of thiazole rings is 1. The fraction of sp³-hybridized carbons (Fsp3) is 0.333. The lowest BCUT2D eigenvalue weighted by atomic mass is 10.5. The van der Waals surface area contributed by atoms with E-state index in [0.29, 0.717) is 5.01 Å². The zero-order chi connectivity index (χ0) is 8.43. The predicted molar refractivity (Wildman–Crippen MR) is 39.9 cm³/mol. The fourth-order valence-corrected chi connectivity index (χ4v) is 1.29. The molecule has 60 valence electrons. The normalized spacial score (nSPS) is 9.64. The van der Waals surface area contributed by atoms with Gasteiger partial charge in [0.15, 0.2) is 0 Å². The van der Waals surface area contributed by atoms with E-state index in [-0.39, 0.29) is 10.8 Å². The molecule has 11 heavy (non-hydrogen) atoms. The number of ether oxygens (including phenoxy) is 1. The van der Waals surface area contributed by atoms with E-state index < -0.39 is 5.97 Å². The molecule has 1 aromatic rings. The molecule has 0 unspecified atom stereocenters. The standard InChI is InChI=1S/C6H7NO3S/c1-3-7-4(5(8)10-2)6(9)11-3/h9H,1-2H3. The van der Waals surface area contributed by atoms with Gasteiger partial charge in [-0.1, -0.05) is 11.3 Å². The van der Waals surface area contributed by atoms with E-state index in [1.807, 2.05) is 0 Å². The first-order valence-electron chi connectivity index (χ1n) is 2.90. The number of carbonyl (C=O) groups excluding carboxylic acids is 1. The predicted octanol–water partition coefficient (Wildman–Crippen LogP) is 0.944. The monoisotopic (exact) mass is 173 g/mol. The summed E-state index contributed by atoms with van der Waals surface area (Å²) in [7, 11) is 1.25. The molecule has 0 saturated carbocycles. The molecule has 1 N–H and O–H groups in total. The van der Waals surface area contributed by atoms with Crippen LogP contribution in [0.15, 0.2) is 0 Å². The number of rotatable bonds is 1. The Labute approximate surface area is 67.5 Å². The van der Waals surface area contributed by atoms with Crippen molar-refractivity contribution in [3.8, 4) is 5.06 Å². The highest BCUT2D eigenvalue weighted by atomic mass is 32.1. The zero-order valence-corrected chi connectivity index (χ0v) is 6.94. The van der Waals surface area contributed by atoms with Gasteiger partial charge in [-0.25, -0.2) is 9.78 Å². The third-order valence-corrected chi connectivity index (χ3v) is 1.87. The van der Waals surface area contributed by atoms with Gasteiger partial charge in [-0.15, -0.1) is 0 Å². The number of esters is 1. The first-order chi connectivity index (χ1) is 5.15. The Morgan fingerprint density at radius 1 is 1.73 bits per heavy atom. The van der Waals surface area contributed by atoms with Crippen LogP contribution in [0.4, 0.5) is 0 Å².